The molecule has 0 saturated heterocycles. The largest absolute Gasteiger partial charge is 0.322 e. The molecule has 120 valence electrons. The molecule has 1 amide bonds. The Labute approximate surface area is 136 Å². The molecule has 0 spiro atoms. The van der Waals surface area contributed by atoms with Gasteiger partial charge in [0.05, 0.1) is 9.82 Å². The highest BCUT2D eigenvalue weighted by Crippen LogP contribution is 2.25. The van der Waals surface area contributed by atoms with Crippen LogP contribution in [-0.4, -0.2) is 19.2 Å². The van der Waals surface area contributed by atoms with Gasteiger partial charge in [-0.2, -0.15) is 0 Å². The minimum Gasteiger partial charge on any atom is -0.322 e. The van der Waals surface area contributed by atoms with Crippen LogP contribution in [0.3, 0.4) is 0 Å². The summed E-state index contributed by atoms with van der Waals surface area (Å²) in [5.74, 6) is -0.604. The highest BCUT2D eigenvalue weighted by atomic mass is 35.5. The number of nitrogens with one attached hydrogen (secondary N) is 1. The smallest absolute Gasteiger partial charge is 0.288 e. The molecule has 2 aromatic rings. The average Bonchev–Trinajstić information content (AvgIpc) is 2.47. The van der Waals surface area contributed by atoms with Crippen LogP contribution in [0.2, 0.25) is 5.02 Å². The van der Waals surface area contributed by atoms with Crippen molar-refractivity contribution in [2.45, 2.75) is 4.90 Å². The number of hydrogen-bond acceptors (Lipinski definition) is 5. The first kappa shape index (κ1) is 16.9. The van der Waals surface area contributed by atoms with Crippen LogP contribution in [0.15, 0.2) is 47.4 Å². The molecule has 0 bridgehead atoms. The number of primary sulfonamides is 1. The lowest BCUT2D eigenvalue weighted by molar-refractivity contribution is -0.384. The third kappa shape index (κ3) is 4.03. The summed E-state index contributed by atoms with van der Waals surface area (Å²) in [7, 11) is -3.82. The van der Waals surface area contributed by atoms with Crippen molar-refractivity contribution in [1.29, 1.82) is 0 Å². The van der Waals surface area contributed by atoms with Crippen LogP contribution in [0, 0.1) is 10.1 Å². The molecule has 0 aromatic heterocycles. The standard InChI is InChI=1S/C13H10ClN3O5S/c14-11-6-1-8(7-12(11)17(19)20)13(18)16-9-2-4-10(5-3-9)23(15,21)22/h1-7H,(H,16,18)(H2,15,21,22). The Kier molecular flexibility index (Phi) is 4.64. The van der Waals surface area contributed by atoms with Crippen LogP contribution in [0.4, 0.5) is 11.4 Å². The Morgan fingerprint density at radius 3 is 2.30 bits per heavy atom. The lowest BCUT2D eigenvalue weighted by Crippen LogP contribution is -2.14. The van der Waals surface area contributed by atoms with Gasteiger partial charge in [-0.25, -0.2) is 13.6 Å². The summed E-state index contributed by atoms with van der Waals surface area (Å²) in [4.78, 5) is 22.1. The molecule has 0 aliphatic rings. The predicted octanol–water partition coefficient (Wildman–Crippen LogP) is 2.15. The Balaban J connectivity index is 2.22. The van der Waals surface area contributed by atoms with E-state index in [4.69, 9.17) is 16.7 Å². The van der Waals surface area contributed by atoms with Crippen LogP contribution < -0.4 is 10.5 Å². The van der Waals surface area contributed by atoms with Gasteiger partial charge in [0.25, 0.3) is 11.6 Å². The Morgan fingerprint density at radius 1 is 1.17 bits per heavy atom. The number of benzene rings is 2. The molecule has 3 N–H and O–H groups in total. The van der Waals surface area contributed by atoms with Crippen molar-refractivity contribution in [3.8, 4) is 0 Å². The Bertz CT molecular complexity index is 881. The number of halogens is 1. The zero-order valence-corrected chi connectivity index (χ0v) is 13.0. The first-order valence-electron chi connectivity index (χ1n) is 6.06. The van der Waals surface area contributed by atoms with E-state index in [9.17, 15) is 23.3 Å². The third-order valence-corrected chi connectivity index (χ3v) is 4.09. The second-order valence-electron chi connectivity index (χ2n) is 4.45. The minimum atomic E-state index is -3.82. The van der Waals surface area contributed by atoms with Crippen molar-refractivity contribution in [2.24, 2.45) is 5.14 Å². The molecule has 0 aliphatic carbocycles. The molecule has 0 atom stereocenters. The van der Waals surface area contributed by atoms with Crippen molar-refractivity contribution < 1.29 is 18.1 Å². The van der Waals surface area contributed by atoms with Crippen molar-refractivity contribution in [1.82, 2.24) is 0 Å². The van der Waals surface area contributed by atoms with Gasteiger partial charge in [-0.05, 0) is 36.4 Å². The van der Waals surface area contributed by atoms with Crippen molar-refractivity contribution in [3.63, 3.8) is 0 Å². The van der Waals surface area contributed by atoms with E-state index in [-0.39, 0.29) is 21.2 Å². The molecule has 0 radical (unpaired) electrons. The lowest BCUT2D eigenvalue weighted by atomic mass is 10.2. The van der Waals surface area contributed by atoms with E-state index >= 15 is 0 Å². The second-order valence-corrected chi connectivity index (χ2v) is 6.42. The highest BCUT2D eigenvalue weighted by Gasteiger charge is 2.16. The fraction of sp³-hybridized carbons (Fsp3) is 0. The molecule has 0 saturated carbocycles. The van der Waals surface area contributed by atoms with Crippen molar-refractivity contribution in [3.05, 3.63) is 63.2 Å². The van der Waals surface area contributed by atoms with Gasteiger partial charge in [0.15, 0.2) is 0 Å². The fourth-order valence-electron chi connectivity index (χ4n) is 1.73. The molecule has 2 rings (SSSR count). The number of nitrogens with two attached hydrogens (primary N) is 1. The maximum atomic E-state index is 12.1. The average molecular weight is 356 g/mol. The van der Waals surface area contributed by atoms with Gasteiger partial charge in [0.2, 0.25) is 10.0 Å². The zero-order chi connectivity index (χ0) is 17.2. The fourth-order valence-corrected chi connectivity index (χ4v) is 2.43. The number of hydrogen-bond donors (Lipinski definition) is 2. The SMILES string of the molecule is NS(=O)(=O)c1ccc(NC(=O)c2ccc(Cl)c([N+](=O)[O-])c2)cc1. The van der Waals surface area contributed by atoms with Crippen LogP contribution in [-0.2, 0) is 10.0 Å². The second kappa shape index (κ2) is 6.32. The molecule has 10 heteroatoms. The minimum absolute atomic E-state index is 0.0385. The van der Waals surface area contributed by atoms with Crippen LogP contribution >= 0.6 is 11.6 Å². The maximum Gasteiger partial charge on any atom is 0.288 e. The summed E-state index contributed by atoms with van der Waals surface area (Å²) in [6.45, 7) is 0. The molecule has 0 unspecified atom stereocenters. The Morgan fingerprint density at radius 2 is 1.78 bits per heavy atom. The van der Waals surface area contributed by atoms with E-state index in [1.165, 1.54) is 36.4 Å². The summed E-state index contributed by atoms with van der Waals surface area (Å²) < 4.78 is 22.3. The number of rotatable bonds is 4. The normalized spacial score (nSPS) is 11.0. The quantitative estimate of drug-likeness (QED) is 0.640. The summed E-state index contributed by atoms with van der Waals surface area (Å²) in [6.07, 6.45) is 0. The van der Waals surface area contributed by atoms with Gasteiger partial charge in [0.1, 0.15) is 5.02 Å². The van der Waals surface area contributed by atoms with E-state index in [2.05, 4.69) is 5.32 Å². The van der Waals surface area contributed by atoms with Crippen molar-refractivity contribution in [2.75, 3.05) is 5.32 Å². The van der Waals surface area contributed by atoms with E-state index in [1.807, 2.05) is 0 Å². The number of nitro benzene ring substituents is 1. The monoisotopic (exact) mass is 355 g/mol. The first-order chi connectivity index (χ1) is 10.7. The number of nitrogens with zero attached hydrogens (tertiary/aromatic N) is 1. The number of sulfonamides is 1. The third-order valence-electron chi connectivity index (χ3n) is 2.85. The summed E-state index contributed by atoms with van der Waals surface area (Å²) in [5.41, 5.74) is -0.0412. The zero-order valence-electron chi connectivity index (χ0n) is 11.4. The molecule has 23 heavy (non-hydrogen) atoms. The van der Waals surface area contributed by atoms with Gasteiger partial charge in [0, 0.05) is 17.3 Å². The van der Waals surface area contributed by atoms with Gasteiger partial charge >= 0.3 is 0 Å². The van der Waals surface area contributed by atoms with E-state index in [0.717, 1.165) is 6.07 Å². The lowest BCUT2D eigenvalue weighted by Gasteiger charge is -2.06. The van der Waals surface area contributed by atoms with Gasteiger partial charge in [-0.1, -0.05) is 11.6 Å². The highest BCUT2D eigenvalue weighted by molar-refractivity contribution is 7.89. The van der Waals surface area contributed by atoms with E-state index in [1.54, 1.807) is 0 Å². The van der Waals surface area contributed by atoms with Crippen LogP contribution in [0.5, 0.6) is 0 Å². The number of nitro groups is 1. The molecule has 8 nitrogen and oxygen atoms in total. The van der Waals surface area contributed by atoms with E-state index < -0.39 is 20.9 Å². The summed E-state index contributed by atoms with van der Waals surface area (Å²) in [6, 6.07) is 8.80. The molecule has 0 heterocycles. The summed E-state index contributed by atoms with van der Waals surface area (Å²) in [5, 5.41) is 18.2. The van der Waals surface area contributed by atoms with Crippen LogP contribution in [0.1, 0.15) is 10.4 Å². The topological polar surface area (TPSA) is 132 Å². The number of amides is 1. The number of anilines is 1. The van der Waals surface area contributed by atoms with Gasteiger partial charge in [-0.3, -0.25) is 14.9 Å². The maximum absolute atomic E-state index is 12.1. The van der Waals surface area contributed by atoms with Crippen LogP contribution in [0.25, 0.3) is 0 Å². The molecular weight excluding hydrogens is 346 g/mol. The molecular formula is C13H10ClN3O5S. The van der Waals surface area contributed by atoms with Crippen molar-refractivity contribution >= 4 is 38.9 Å². The first-order valence-corrected chi connectivity index (χ1v) is 7.99. The number of carbonyl (C=O) groups is 1. The summed E-state index contributed by atoms with van der Waals surface area (Å²) >= 11 is 5.67. The molecule has 2 aromatic carbocycles. The molecule has 0 aliphatic heterocycles. The van der Waals surface area contributed by atoms with E-state index in [0.29, 0.717) is 5.69 Å². The van der Waals surface area contributed by atoms with Gasteiger partial charge in [-0.15, -0.1) is 0 Å². The van der Waals surface area contributed by atoms with Gasteiger partial charge < -0.3 is 5.32 Å². The predicted molar refractivity (Wildman–Crippen MR) is 83.9 cm³/mol. The molecule has 0 fully saturated rings. The Hall–Kier alpha value is -2.49. The number of carbonyl (C=O) groups excluding carboxylic acids is 1.